The second kappa shape index (κ2) is 8.31. The third-order valence-electron chi connectivity index (χ3n) is 5.48. The topological polar surface area (TPSA) is 56.8 Å². The summed E-state index contributed by atoms with van der Waals surface area (Å²) in [6, 6.07) is 10.1. The molecule has 0 radical (unpaired) electrons. The molecule has 0 spiro atoms. The van der Waals surface area contributed by atoms with Crippen molar-refractivity contribution >= 4 is 23.3 Å². The van der Waals surface area contributed by atoms with Gasteiger partial charge in [0.2, 0.25) is 0 Å². The van der Waals surface area contributed by atoms with E-state index in [0.717, 1.165) is 42.2 Å². The Morgan fingerprint density at radius 2 is 1.46 bits per heavy atom. The molecule has 2 aliphatic heterocycles. The number of nitrogens with zero attached hydrogens (tertiary/aromatic N) is 4. The number of urea groups is 1. The summed E-state index contributed by atoms with van der Waals surface area (Å²) in [6.07, 6.45) is 3.41. The van der Waals surface area contributed by atoms with Gasteiger partial charge in [-0.2, -0.15) is 0 Å². The second-order valence-electron chi connectivity index (χ2n) is 7.41. The number of carbonyl (C=O) groups is 2. The molecule has 0 N–H and O–H groups in total. The maximum absolute atomic E-state index is 13.0. The highest BCUT2D eigenvalue weighted by molar-refractivity contribution is 7.17. The lowest BCUT2D eigenvalue weighted by atomic mass is 10.1. The molecule has 4 rings (SSSR count). The lowest BCUT2D eigenvalue weighted by molar-refractivity contribution is 0.0636. The molecule has 2 aliphatic rings. The molecule has 2 saturated heterocycles. The SMILES string of the molecule is Cc1nc(-c2ccccc2)sc1C(=O)N1CCN(C(=O)N2CCCCC2)CC1. The minimum atomic E-state index is 0.0299. The van der Waals surface area contributed by atoms with Crippen molar-refractivity contribution in [1.29, 1.82) is 0 Å². The molecule has 148 valence electrons. The number of carbonyl (C=O) groups excluding carboxylic acids is 2. The van der Waals surface area contributed by atoms with E-state index in [0.29, 0.717) is 31.1 Å². The zero-order valence-electron chi connectivity index (χ0n) is 16.3. The number of benzene rings is 1. The van der Waals surface area contributed by atoms with Crippen molar-refractivity contribution in [2.75, 3.05) is 39.3 Å². The number of hydrogen-bond donors (Lipinski definition) is 0. The van der Waals surface area contributed by atoms with Crippen LogP contribution in [0.4, 0.5) is 4.79 Å². The largest absolute Gasteiger partial charge is 0.334 e. The van der Waals surface area contributed by atoms with Crippen molar-refractivity contribution < 1.29 is 9.59 Å². The smallest absolute Gasteiger partial charge is 0.320 e. The van der Waals surface area contributed by atoms with Crippen LogP contribution in [-0.4, -0.2) is 70.9 Å². The summed E-state index contributed by atoms with van der Waals surface area (Å²) in [5.41, 5.74) is 1.81. The van der Waals surface area contributed by atoms with Gasteiger partial charge in [0.25, 0.3) is 5.91 Å². The van der Waals surface area contributed by atoms with Gasteiger partial charge in [-0.1, -0.05) is 30.3 Å². The number of aryl methyl sites for hydroxylation is 1. The molecule has 3 amide bonds. The number of amides is 3. The highest BCUT2D eigenvalue weighted by Crippen LogP contribution is 2.29. The maximum atomic E-state index is 13.0. The van der Waals surface area contributed by atoms with Crippen molar-refractivity contribution in [1.82, 2.24) is 19.7 Å². The predicted molar refractivity (Wildman–Crippen MR) is 111 cm³/mol. The zero-order chi connectivity index (χ0) is 19.5. The number of piperazine rings is 1. The molecule has 2 fully saturated rings. The minimum absolute atomic E-state index is 0.0299. The molecule has 0 saturated carbocycles. The third kappa shape index (κ3) is 3.90. The van der Waals surface area contributed by atoms with E-state index in [1.54, 1.807) is 0 Å². The highest BCUT2D eigenvalue weighted by atomic mass is 32.1. The summed E-state index contributed by atoms with van der Waals surface area (Å²) in [7, 11) is 0. The van der Waals surface area contributed by atoms with Gasteiger partial charge in [-0.25, -0.2) is 9.78 Å². The number of rotatable bonds is 2. The molecule has 7 heteroatoms. The Kier molecular flexibility index (Phi) is 5.62. The van der Waals surface area contributed by atoms with Crippen LogP contribution in [0.1, 0.15) is 34.6 Å². The van der Waals surface area contributed by atoms with E-state index >= 15 is 0 Å². The number of thiazole rings is 1. The maximum Gasteiger partial charge on any atom is 0.320 e. The van der Waals surface area contributed by atoms with Crippen LogP contribution >= 0.6 is 11.3 Å². The van der Waals surface area contributed by atoms with Crippen molar-refractivity contribution in [3.05, 3.63) is 40.9 Å². The van der Waals surface area contributed by atoms with E-state index in [9.17, 15) is 9.59 Å². The zero-order valence-corrected chi connectivity index (χ0v) is 17.1. The summed E-state index contributed by atoms with van der Waals surface area (Å²) < 4.78 is 0. The summed E-state index contributed by atoms with van der Waals surface area (Å²) in [4.78, 5) is 36.7. The summed E-state index contributed by atoms with van der Waals surface area (Å²) in [6.45, 7) is 5.98. The van der Waals surface area contributed by atoms with Crippen molar-refractivity contribution in [3.63, 3.8) is 0 Å². The van der Waals surface area contributed by atoms with E-state index in [-0.39, 0.29) is 11.9 Å². The summed E-state index contributed by atoms with van der Waals surface area (Å²) in [5, 5.41) is 0.875. The van der Waals surface area contributed by atoms with Crippen LogP contribution in [0.3, 0.4) is 0 Å². The number of aromatic nitrogens is 1. The van der Waals surface area contributed by atoms with Gasteiger partial charge in [0.1, 0.15) is 9.88 Å². The first-order valence-electron chi connectivity index (χ1n) is 9.99. The Balaban J connectivity index is 1.39. The number of piperidine rings is 1. The molecule has 1 aromatic carbocycles. The Hall–Kier alpha value is -2.41. The van der Waals surface area contributed by atoms with Gasteiger partial charge in [-0.3, -0.25) is 4.79 Å². The van der Waals surface area contributed by atoms with E-state index in [1.165, 1.54) is 17.8 Å². The van der Waals surface area contributed by atoms with Crippen LogP contribution in [0, 0.1) is 6.92 Å². The fourth-order valence-electron chi connectivity index (χ4n) is 3.83. The predicted octanol–water partition coefficient (Wildman–Crippen LogP) is 3.48. The van der Waals surface area contributed by atoms with Gasteiger partial charge in [-0.05, 0) is 26.2 Å². The van der Waals surface area contributed by atoms with Gasteiger partial charge in [0.05, 0.1) is 5.69 Å². The quantitative estimate of drug-likeness (QED) is 0.778. The van der Waals surface area contributed by atoms with Crippen molar-refractivity contribution in [2.45, 2.75) is 26.2 Å². The molecule has 0 unspecified atom stereocenters. The van der Waals surface area contributed by atoms with Gasteiger partial charge in [0, 0.05) is 44.8 Å². The minimum Gasteiger partial charge on any atom is -0.334 e. The lowest BCUT2D eigenvalue weighted by Gasteiger charge is -2.38. The molecule has 6 nitrogen and oxygen atoms in total. The molecule has 2 aromatic rings. The molecule has 0 atom stereocenters. The molecular weight excluding hydrogens is 372 g/mol. The van der Waals surface area contributed by atoms with Crippen LogP contribution in [-0.2, 0) is 0 Å². The van der Waals surface area contributed by atoms with E-state index in [4.69, 9.17) is 0 Å². The first-order chi connectivity index (χ1) is 13.6. The number of likely N-dealkylation sites (tertiary alicyclic amines) is 1. The standard InChI is InChI=1S/C21H26N4O2S/c1-16-18(28-19(22-16)17-8-4-2-5-9-17)20(26)23-12-14-25(15-13-23)21(27)24-10-6-3-7-11-24/h2,4-5,8-9H,3,6-7,10-15H2,1H3. The van der Waals surface area contributed by atoms with Gasteiger partial charge < -0.3 is 14.7 Å². The molecule has 0 bridgehead atoms. The molecular formula is C21H26N4O2S. The molecule has 1 aromatic heterocycles. The fourth-order valence-corrected chi connectivity index (χ4v) is 4.87. The third-order valence-corrected chi connectivity index (χ3v) is 6.67. The van der Waals surface area contributed by atoms with Gasteiger partial charge in [0.15, 0.2) is 0 Å². The Labute approximate surface area is 169 Å². The van der Waals surface area contributed by atoms with Crippen LogP contribution < -0.4 is 0 Å². The van der Waals surface area contributed by atoms with Crippen LogP contribution in [0.2, 0.25) is 0 Å². The van der Waals surface area contributed by atoms with Crippen LogP contribution in [0.25, 0.3) is 10.6 Å². The first kappa shape index (κ1) is 18.9. The number of hydrogen-bond acceptors (Lipinski definition) is 4. The van der Waals surface area contributed by atoms with E-state index < -0.39 is 0 Å². The lowest BCUT2D eigenvalue weighted by Crippen LogP contribution is -2.54. The van der Waals surface area contributed by atoms with Crippen molar-refractivity contribution in [2.24, 2.45) is 0 Å². The normalized spacial score (nSPS) is 17.7. The average Bonchev–Trinajstić information content (AvgIpc) is 3.16. The van der Waals surface area contributed by atoms with E-state index in [1.807, 2.05) is 52.0 Å². The summed E-state index contributed by atoms with van der Waals surface area (Å²) >= 11 is 1.45. The van der Waals surface area contributed by atoms with Crippen LogP contribution in [0.15, 0.2) is 30.3 Å². The van der Waals surface area contributed by atoms with E-state index in [2.05, 4.69) is 4.98 Å². The fraction of sp³-hybridized carbons (Fsp3) is 0.476. The highest BCUT2D eigenvalue weighted by Gasteiger charge is 2.29. The molecule has 3 heterocycles. The van der Waals surface area contributed by atoms with Gasteiger partial charge >= 0.3 is 6.03 Å². The Bertz CT molecular complexity index is 837. The van der Waals surface area contributed by atoms with Crippen LogP contribution in [0.5, 0.6) is 0 Å². The molecule has 28 heavy (non-hydrogen) atoms. The Morgan fingerprint density at radius 3 is 2.14 bits per heavy atom. The first-order valence-corrected chi connectivity index (χ1v) is 10.8. The average molecular weight is 399 g/mol. The monoisotopic (exact) mass is 398 g/mol. The van der Waals surface area contributed by atoms with Gasteiger partial charge in [-0.15, -0.1) is 11.3 Å². The Morgan fingerprint density at radius 1 is 0.857 bits per heavy atom. The second-order valence-corrected chi connectivity index (χ2v) is 8.41. The summed E-state index contributed by atoms with van der Waals surface area (Å²) in [5.74, 6) is 0.0299. The molecule has 0 aliphatic carbocycles. The van der Waals surface area contributed by atoms with Crippen molar-refractivity contribution in [3.8, 4) is 10.6 Å².